The number of imidazole rings is 1. The molecule has 2 aliphatic rings. The maximum Gasteiger partial charge on any atom is 0.260 e. The molecule has 12 heteroatoms. The Balaban J connectivity index is 1.51. The van der Waals surface area contributed by atoms with Crippen molar-refractivity contribution >= 4 is 44.1 Å². The largest absolute Gasteiger partial charge is 0.374 e. The molecule has 3 aromatic rings. The fourth-order valence-corrected chi connectivity index (χ4v) is 5.14. The van der Waals surface area contributed by atoms with Gasteiger partial charge in [0.15, 0.2) is 15.5 Å². The fourth-order valence-electron chi connectivity index (χ4n) is 4.27. The van der Waals surface area contributed by atoms with Crippen LogP contribution in [0, 0.1) is 12.8 Å². The van der Waals surface area contributed by atoms with Crippen molar-refractivity contribution in [2.75, 3.05) is 23.5 Å². The average Bonchev–Trinajstić information content (AvgIpc) is 3.27. The number of nitrogens with zero attached hydrogens (tertiary/aromatic N) is 2. The van der Waals surface area contributed by atoms with Gasteiger partial charge in [-0.2, -0.15) is 0 Å². The van der Waals surface area contributed by atoms with Gasteiger partial charge in [-0.3, -0.25) is 4.79 Å². The summed E-state index contributed by atoms with van der Waals surface area (Å²) in [4.78, 5) is 23.9. The zero-order valence-corrected chi connectivity index (χ0v) is 20.0. The smallest absolute Gasteiger partial charge is 0.260 e. The first-order valence-electron chi connectivity index (χ1n) is 11.3. The average molecular weight is 506 g/mol. The second-order valence-electron chi connectivity index (χ2n) is 9.09. The van der Waals surface area contributed by atoms with Gasteiger partial charge in [-0.25, -0.2) is 27.2 Å². The van der Waals surface area contributed by atoms with E-state index in [1.807, 2.05) is 6.07 Å². The van der Waals surface area contributed by atoms with E-state index in [1.165, 1.54) is 6.07 Å². The summed E-state index contributed by atoms with van der Waals surface area (Å²) >= 11 is 0. The number of aromatic amines is 1. The van der Waals surface area contributed by atoms with Gasteiger partial charge in [-0.1, -0.05) is 6.07 Å². The molecule has 1 amide bonds. The summed E-state index contributed by atoms with van der Waals surface area (Å²) in [6.45, 7) is 2.35. The molecule has 1 aromatic carbocycles. The van der Waals surface area contributed by atoms with Crippen LogP contribution in [-0.2, 0) is 19.4 Å². The predicted molar refractivity (Wildman–Crippen MR) is 126 cm³/mol. The SMILES string of the molecule is Cc1nc2c(Nc3ccc([C@H]4CCCCO4)cc3S(C)(=O)=O)cc(NC(=O)C3CC3(F)F)nc2[nH]1. The topological polar surface area (TPSA) is 126 Å². The minimum absolute atomic E-state index is 0.0458. The number of fused-ring (bicyclic) bond motifs is 1. The molecule has 5 rings (SSSR count). The van der Waals surface area contributed by atoms with E-state index in [-0.39, 0.29) is 16.8 Å². The van der Waals surface area contributed by atoms with Crippen LogP contribution in [0.5, 0.6) is 0 Å². The molecule has 186 valence electrons. The number of rotatable bonds is 6. The number of pyridine rings is 1. The van der Waals surface area contributed by atoms with Crippen LogP contribution in [0.25, 0.3) is 11.2 Å². The number of anilines is 3. The molecule has 9 nitrogen and oxygen atoms in total. The quantitative estimate of drug-likeness (QED) is 0.457. The lowest BCUT2D eigenvalue weighted by Crippen LogP contribution is -2.18. The third-order valence-electron chi connectivity index (χ3n) is 6.19. The van der Waals surface area contributed by atoms with E-state index in [0.717, 1.165) is 31.1 Å². The molecule has 1 saturated heterocycles. The van der Waals surface area contributed by atoms with Crippen molar-refractivity contribution in [3.63, 3.8) is 0 Å². The maximum absolute atomic E-state index is 13.3. The summed E-state index contributed by atoms with van der Waals surface area (Å²) in [5.74, 6) is -4.62. The number of sulfone groups is 1. The summed E-state index contributed by atoms with van der Waals surface area (Å²) in [6.07, 6.45) is 3.27. The van der Waals surface area contributed by atoms with E-state index in [2.05, 4.69) is 25.6 Å². The predicted octanol–water partition coefficient (Wildman–Crippen LogP) is 4.25. The number of hydrogen-bond donors (Lipinski definition) is 3. The van der Waals surface area contributed by atoms with E-state index in [0.29, 0.717) is 35.0 Å². The standard InChI is InChI=1S/C23H25F2N5O4S/c1-12-26-20-16(10-19(29-21(20)27-12)30-22(31)14-11-23(14,24)25)28-15-7-6-13(9-18(15)35(2,32)33)17-5-3-4-8-34-17/h6-7,9-10,14,17H,3-5,8,11H2,1-2H3,(H3,26,27,28,29,30,31)/t14?,17-/m1/s1. The minimum atomic E-state index is -3.62. The van der Waals surface area contributed by atoms with Crippen LogP contribution in [0.2, 0.25) is 0 Å². The van der Waals surface area contributed by atoms with E-state index >= 15 is 0 Å². The van der Waals surface area contributed by atoms with Crippen molar-refractivity contribution in [3.8, 4) is 0 Å². The maximum atomic E-state index is 13.3. The summed E-state index contributed by atoms with van der Waals surface area (Å²) in [6, 6.07) is 6.54. The third-order valence-corrected chi connectivity index (χ3v) is 7.33. The van der Waals surface area contributed by atoms with E-state index < -0.39 is 34.0 Å². The number of hydrogen-bond acceptors (Lipinski definition) is 7. The number of benzene rings is 1. The Morgan fingerprint density at radius 1 is 1.20 bits per heavy atom. The lowest BCUT2D eigenvalue weighted by molar-refractivity contribution is -0.119. The molecular weight excluding hydrogens is 480 g/mol. The molecule has 1 saturated carbocycles. The second kappa shape index (κ2) is 8.52. The Kier molecular flexibility index (Phi) is 5.75. The summed E-state index contributed by atoms with van der Waals surface area (Å²) < 4.78 is 57.8. The van der Waals surface area contributed by atoms with Gasteiger partial charge < -0.3 is 20.4 Å². The van der Waals surface area contributed by atoms with Gasteiger partial charge in [-0.15, -0.1) is 0 Å². The van der Waals surface area contributed by atoms with Gasteiger partial charge in [0.1, 0.15) is 23.1 Å². The number of H-pyrrole nitrogens is 1. The number of alkyl halides is 2. The molecule has 3 N–H and O–H groups in total. The van der Waals surface area contributed by atoms with Crippen LogP contribution in [0.4, 0.5) is 26.0 Å². The first-order chi connectivity index (χ1) is 16.5. The van der Waals surface area contributed by atoms with Crippen molar-refractivity contribution in [3.05, 3.63) is 35.7 Å². The summed E-state index contributed by atoms with van der Waals surface area (Å²) in [7, 11) is -3.62. The number of aromatic nitrogens is 3. The molecule has 0 bridgehead atoms. The van der Waals surface area contributed by atoms with Gasteiger partial charge in [0.05, 0.1) is 22.4 Å². The van der Waals surface area contributed by atoms with Crippen LogP contribution >= 0.6 is 0 Å². The highest BCUT2D eigenvalue weighted by atomic mass is 32.2. The van der Waals surface area contributed by atoms with Crippen LogP contribution in [-0.4, -0.2) is 48.1 Å². The van der Waals surface area contributed by atoms with Crippen LogP contribution in [0.3, 0.4) is 0 Å². The monoisotopic (exact) mass is 505 g/mol. The summed E-state index contributed by atoms with van der Waals surface area (Å²) in [5, 5.41) is 5.53. The van der Waals surface area contributed by atoms with Crippen molar-refractivity contribution in [2.24, 2.45) is 5.92 Å². The van der Waals surface area contributed by atoms with Gasteiger partial charge >= 0.3 is 0 Å². The zero-order chi connectivity index (χ0) is 25.0. The molecule has 2 fully saturated rings. The zero-order valence-electron chi connectivity index (χ0n) is 19.2. The highest BCUT2D eigenvalue weighted by Crippen LogP contribution is 2.49. The van der Waals surface area contributed by atoms with Gasteiger partial charge in [0.25, 0.3) is 5.92 Å². The molecular formula is C23H25F2N5O4S. The Morgan fingerprint density at radius 2 is 1.97 bits per heavy atom. The van der Waals surface area contributed by atoms with E-state index in [4.69, 9.17) is 4.74 Å². The van der Waals surface area contributed by atoms with Gasteiger partial charge in [-0.05, 0) is 43.9 Å². The van der Waals surface area contributed by atoms with Crippen LogP contribution < -0.4 is 10.6 Å². The molecule has 2 atom stereocenters. The number of carbonyl (C=O) groups is 1. The van der Waals surface area contributed by atoms with Gasteiger partial charge in [0, 0.05) is 25.3 Å². The first kappa shape index (κ1) is 23.6. The Labute approximate surface area is 200 Å². The number of halogens is 2. The van der Waals surface area contributed by atoms with Gasteiger partial charge in [0.2, 0.25) is 5.91 Å². The highest BCUT2D eigenvalue weighted by molar-refractivity contribution is 7.90. The molecule has 1 unspecified atom stereocenters. The van der Waals surface area contributed by atoms with Crippen molar-refractivity contribution in [1.29, 1.82) is 0 Å². The second-order valence-corrected chi connectivity index (χ2v) is 11.1. The minimum Gasteiger partial charge on any atom is -0.374 e. The lowest BCUT2D eigenvalue weighted by Gasteiger charge is -2.24. The van der Waals surface area contributed by atoms with Crippen LogP contribution in [0.15, 0.2) is 29.2 Å². The number of aryl methyl sites for hydroxylation is 1. The molecule has 3 heterocycles. The van der Waals surface area contributed by atoms with Crippen molar-refractivity contribution in [2.45, 2.75) is 49.5 Å². The first-order valence-corrected chi connectivity index (χ1v) is 13.2. The van der Waals surface area contributed by atoms with Crippen LogP contribution in [0.1, 0.15) is 43.2 Å². The van der Waals surface area contributed by atoms with Crippen molar-refractivity contribution in [1.82, 2.24) is 15.0 Å². The molecule has 0 radical (unpaired) electrons. The number of ether oxygens (including phenoxy) is 1. The number of carbonyl (C=O) groups excluding carboxylic acids is 1. The normalized spacial score (nSPS) is 21.6. The van der Waals surface area contributed by atoms with Crippen molar-refractivity contribution < 1.29 is 26.7 Å². The molecule has 1 aliphatic carbocycles. The molecule has 0 spiro atoms. The number of nitrogens with one attached hydrogen (secondary N) is 3. The Morgan fingerprint density at radius 3 is 2.63 bits per heavy atom. The highest BCUT2D eigenvalue weighted by Gasteiger charge is 2.61. The Bertz CT molecular complexity index is 1420. The lowest BCUT2D eigenvalue weighted by atomic mass is 10.0. The third kappa shape index (κ3) is 4.85. The summed E-state index contributed by atoms with van der Waals surface area (Å²) in [5.41, 5.74) is 2.19. The van der Waals surface area contributed by atoms with E-state index in [9.17, 15) is 22.0 Å². The Hall–Kier alpha value is -3.12. The number of amides is 1. The molecule has 35 heavy (non-hydrogen) atoms. The van der Waals surface area contributed by atoms with E-state index in [1.54, 1.807) is 19.1 Å². The fraction of sp³-hybridized carbons (Fsp3) is 0.435. The molecule has 1 aliphatic heterocycles. The molecule has 2 aromatic heterocycles.